The molecule has 0 radical (unpaired) electrons. The third kappa shape index (κ3) is 3.19. The van der Waals surface area contributed by atoms with E-state index >= 15 is 0 Å². The zero-order valence-corrected chi connectivity index (χ0v) is 14.4. The first-order chi connectivity index (χ1) is 11.1. The molecule has 1 aromatic carbocycles. The van der Waals surface area contributed by atoms with Crippen LogP contribution in [-0.4, -0.2) is 27.1 Å². The van der Waals surface area contributed by atoms with Gasteiger partial charge in [-0.25, -0.2) is 0 Å². The Kier molecular flexibility index (Phi) is 5.97. The number of hydrogen-bond donors (Lipinski definition) is 0. The Bertz CT molecular complexity index is 573. The van der Waals surface area contributed by atoms with Crippen molar-refractivity contribution in [3.05, 3.63) is 41.5 Å². The quantitative estimate of drug-likeness (QED) is 0.585. The van der Waals surface area contributed by atoms with Crippen LogP contribution in [0, 0.1) is 5.92 Å². The number of carbonyl (C=O) groups is 1. The third-order valence-electron chi connectivity index (χ3n) is 4.54. The minimum atomic E-state index is -0.981. The van der Waals surface area contributed by atoms with Crippen molar-refractivity contribution in [3.8, 4) is 5.75 Å². The van der Waals surface area contributed by atoms with Gasteiger partial charge in [-0.2, -0.15) is 0 Å². The standard InChI is InChI=1S/C19H26O4/c1-5-6-9-14-10-7-12-16(20)18-15(19(14,22-3)23-4)11-8-13-17(18)21-2/h7-8,10-11,13-14H,5-6,9,12H2,1-4H3/b10-7-. The van der Waals surface area contributed by atoms with Crippen molar-refractivity contribution in [3.63, 3.8) is 0 Å². The SMILES string of the molecule is CCCCC1/C=C\CC(=O)c2c(OC)cccc2C1(OC)OC. The Balaban J connectivity index is 2.66. The molecule has 4 heteroatoms. The molecule has 0 saturated heterocycles. The number of unbranched alkanes of at least 4 members (excludes halogenated alkanes) is 1. The van der Waals surface area contributed by atoms with Crippen LogP contribution in [0.5, 0.6) is 5.75 Å². The number of methoxy groups -OCH3 is 3. The van der Waals surface area contributed by atoms with Crippen LogP contribution in [0.3, 0.4) is 0 Å². The molecular weight excluding hydrogens is 292 g/mol. The molecule has 0 fully saturated rings. The number of rotatable bonds is 6. The molecule has 0 bridgehead atoms. The summed E-state index contributed by atoms with van der Waals surface area (Å²) in [6.07, 6.45) is 7.43. The highest BCUT2D eigenvalue weighted by Crippen LogP contribution is 2.43. The monoisotopic (exact) mass is 318 g/mol. The van der Waals surface area contributed by atoms with E-state index in [1.807, 2.05) is 18.2 Å². The highest BCUT2D eigenvalue weighted by molar-refractivity contribution is 6.01. The van der Waals surface area contributed by atoms with Crippen molar-refractivity contribution in [1.29, 1.82) is 0 Å². The third-order valence-corrected chi connectivity index (χ3v) is 4.54. The Morgan fingerprint density at radius 3 is 2.57 bits per heavy atom. The van der Waals surface area contributed by atoms with Crippen LogP contribution in [0.15, 0.2) is 30.4 Å². The van der Waals surface area contributed by atoms with Crippen LogP contribution < -0.4 is 4.74 Å². The second-order valence-electron chi connectivity index (χ2n) is 5.76. The van der Waals surface area contributed by atoms with Gasteiger partial charge in [0.2, 0.25) is 5.79 Å². The largest absolute Gasteiger partial charge is 0.496 e. The number of carbonyl (C=O) groups excluding carboxylic acids is 1. The van der Waals surface area contributed by atoms with Gasteiger partial charge in [0.1, 0.15) is 5.75 Å². The van der Waals surface area contributed by atoms with Gasteiger partial charge in [-0.3, -0.25) is 4.79 Å². The average Bonchev–Trinajstić information content (AvgIpc) is 2.58. The Morgan fingerprint density at radius 2 is 1.96 bits per heavy atom. The Morgan fingerprint density at radius 1 is 1.22 bits per heavy atom. The number of allylic oxidation sites excluding steroid dienone is 1. The maximum atomic E-state index is 12.6. The summed E-state index contributed by atoms with van der Waals surface area (Å²) in [6, 6.07) is 5.58. The number of ketones is 1. The molecule has 4 nitrogen and oxygen atoms in total. The number of benzene rings is 1. The van der Waals surface area contributed by atoms with Crippen LogP contribution in [0.2, 0.25) is 0 Å². The van der Waals surface area contributed by atoms with Gasteiger partial charge in [-0.05, 0) is 12.5 Å². The van der Waals surface area contributed by atoms with Gasteiger partial charge in [0.05, 0.1) is 12.7 Å². The van der Waals surface area contributed by atoms with Gasteiger partial charge in [0.15, 0.2) is 5.78 Å². The van der Waals surface area contributed by atoms with E-state index < -0.39 is 5.79 Å². The Labute approximate surface area is 138 Å². The summed E-state index contributed by atoms with van der Waals surface area (Å²) >= 11 is 0. The lowest BCUT2D eigenvalue weighted by atomic mass is 9.81. The molecule has 0 aromatic heterocycles. The van der Waals surface area contributed by atoms with Crippen molar-refractivity contribution < 1.29 is 19.0 Å². The predicted molar refractivity (Wildman–Crippen MR) is 89.8 cm³/mol. The first-order valence-electron chi connectivity index (χ1n) is 8.12. The molecular formula is C19H26O4. The maximum Gasteiger partial charge on any atom is 0.201 e. The average molecular weight is 318 g/mol. The summed E-state index contributed by atoms with van der Waals surface area (Å²) < 4.78 is 17.2. The van der Waals surface area contributed by atoms with Gasteiger partial charge in [-0.15, -0.1) is 0 Å². The van der Waals surface area contributed by atoms with Crippen molar-refractivity contribution in [2.75, 3.05) is 21.3 Å². The molecule has 1 atom stereocenters. The predicted octanol–water partition coefficient (Wildman–Crippen LogP) is 4.09. The minimum Gasteiger partial charge on any atom is -0.496 e. The van der Waals surface area contributed by atoms with E-state index in [4.69, 9.17) is 14.2 Å². The molecule has 0 spiro atoms. The highest BCUT2D eigenvalue weighted by atomic mass is 16.7. The van der Waals surface area contributed by atoms with Gasteiger partial charge in [0.25, 0.3) is 0 Å². The van der Waals surface area contributed by atoms with Crippen LogP contribution in [0.25, 0.3) is 0 Å². The molecule has 1 aliphatic rings. The molecule has 0 amide bonds. The number of fused-ring (bicyclic) bond motifs is 1. The summed E-state index contributed by atoms with van der Waals surface area (Å²) in [6.45, 7) is 2.16. The summed E-state index contributed by atoms with van der Waals surface area (Å²) in [4.78, 5) is 12.6. The lowest BCUT2D eigenvalue weighted by molar-refractivity contribution is -0.242. The summed E-state index contributed by atoms with van der Waals surface area (Å²) in [5, 5.41) is 0. The van der Waals surface area contributed by atoms with Gasteiger partial charge < -0.3 is 14.2 Å². The fraction of sp³-hybridized carbons (Fsp3) is 0.526. The summed E-state index contributed by atoms with van der Waals surface area (Å²) in [5.74, 6) is -0.362. The van der Waals surface area contributed by atoms with Crippen molar-refractivity contribution >= 4 is 5.78 Å². The van der Waals surface area contributed by atoms with Gasteiger partial charge in [-0.1, -0.05) is 44.1 Å². The van der Waals surface area contributed by atoms with E-state index in [0.29, 0.717) is 17.7 Å². The molecule has 126 valence electrons. The van der Waals surface area contributed by atoms with Crippen molar-refractivity contribution in [2.45, 2.75) is 38.4 Å². The van der Waals surface area contributed by atoms with E-state index in [-0.39, 0.29) is 11.7 Å². The fourth-order valence-electron chi connectivity index (χ4n) is 3.36. The molecule has 2 rings (SSSR count). The molecule has 0 heterocycles. The Hall–Kier alpha value is -1.65. The van der Waals surface area contributed by atoms with Gasteiger partial charge in [0, 0.05) is 32.1 Å². The fourth-order valence-corrected chi connectivity index (χ4v) is 3.36. The van der Waals surface area contributed by atoms with E-state index in [9.17, 15) is 4.79 Å². The topological polar surface area (TPSA) is 44.8 Å². The lowest BCUT2D eigenvalue weighted by Crippen LogP contribution is -2.40. The van der Waals surface area contributed by atoms with Crippen LogP contribution in [0.1, 0.15) is 48.5 Å². The lowest BCUT2D eigenvalue weighted by Gasteiger charge is -2.39. The van der Waals surface area contributed by atoms with E-state index in [2.05, 4.69) is 13.0 Å². The second-order valence-corrected chi connectivity index (χ2v) is 5.76. The van der Waals surface area contributed by atoms with E-state index in [0.717, 1.165) is 24.8 Å². The highest BCUT2D eigenvalue weighted by Gasteiger charge is 2.43. The normalized spacial score (nSPS) is 21.2. The smallest absolute Gasteiger partial charge is 0.201 e. The van der Waals surface area contributed by atoms with Crippen LogP contribution in [-0.2, 0) is 15.3 Å². The molecule has 0 saturated carbocycles. The summed E-state index contributed by atoms with van der Waals surface area (Å²) in [5.41, 5.74) is 1.31. The molecule has 23 heavy (non-hydrogen) atoms. The molecule has 0 aliphatic heterocycles. The zero-order chi connectivity index (χ0) is 16.9. The van der Waals surface area contributed by atoms with Crippen molar-refractivity contribution in [2.24, 2.45) is 5.92 Å². The second kappa shape index (κ2) is 7.75. The maximum absolute atomic E-state index is 12.6. The first kappa shape index (κ1) is 17.7. The van der Waals surface area contributed by atoms with E-state index in [1.165, 1.54) is 0 Å². The van der Waals surface area contributed by atoms with Crippen LogP contribution in [0.4, 0.5) is 0 Å². The van der Waals surface area contributed by atoms with Crippen LogP contribution >= 0.6 is 0 Å². The molecule has 1 aliphatic carbocycles. The zero-order valence-electron chi connectivity index (χ0n) is 14.4. The van der Waals surface area contributed by atoms with Crippen molar-refractivity contribution in [1.82, 2.24) is 0 Å². The van der Waals surface area contributed by atoms with Gasteiger partial charge >= 0.3 is 0 Å². The number of hydrogen-bond acceptors (Lipinski definition) is 4. The first-order valence-corrected chi connectivity index (χ1v) is 8.12. The molecule has 0 N–H and O–H groups in total. The van der Waals surface area contributed by atoms with E-state index in [1.54, 1.807) is 27.4 Å². The number of ether oxygens (including phenoxy) is 3. The number of Topliss-reactive ketones (excluding diaryl/α,β-unsaturated/α-hetero) is 1. The molecule has 1 unspecified atom stereocenters. The molecule has 1 aromatic rings. The summed E-state index contributed by atoms with van der Waals surface area (Å²) in [7, 11) is 4.84. The minimum absolute atomic E-state index is 0.0149.